The van der Waals surface area contributed by atoms with Crippen LogP contribution in [0.2, 0.25) is 0 Å². The van der Waals surface area contributed by atoms with E-state index in [1.54, 1.807) is 18.2 Å². The van der Waals surface area contributed by atoms with E-state index in [0.717, 1.165) is 4.90 Å². The van der Waals surface area contributed by atoms with Gasteiger partial charge in [0.1, 0.15) is 5.75 Å². The summed E-state index contributed by atoms with van der Waals surface area (Å²) >= 11 is 0. The molecule has 18 heavy (non-hydrogen) atoms. The quantitative estimate of drug-likeness (QED) is 0.605. The van der Waals surface area contributed by atoms with Crippen LogP contribution in [0.5, 0.6) is 5.75 Å². The van der Waals surface area contributed by atoms with Gasteiger partial charge in [0.2, 0.25) is 11.8 Å². The van der Waals surface area contributed by atoms with Crippen LogP contribution in [0.4, 0.5) is 5.69 Å². The number of imide groups is 1. The van der Waals surface area contributed by atoms with E-state index in [2.05, 4.69) is 0 Å². The Bertz CT molecular complexity index is 524. The second-order valence-electron chi connectivity index (χ2n) is 4.66. The van der Waals surface area contributed by atoms with Gasteiger partial charge < -0.3 is 5.11 Å². The lowest BCUT2D eigenvalue weighted by Crippen LogP contribution is -2.30. The van der Waals surface area contributed by atoms with Crippen LogP contribution in [-0.4, -0.2) is 16.9 Å². The lowest BCUT2D eigenvalue weighted by atomic mass is 9.85. The monoisotopic (exact) mass is 243 g/mol. The number of carbonyl (C=O) groups is 2. The van der Waals surface area contributed by atoms with E-state index in [1.165, 1.54) is 6.07 Å². The summed E-state index contributed by atoms with van der Waals surface area (Å²) < 4.78 is 0. The number of allylic oxidation sites excluding steroid dienone is 2. The number of nitrogens with zero attached hydrogens (tertiary/aromatic N) is 1. The van der Waals surface area contributed by atoms with Gasteiger partial charge in [0, 0.05) is 0 Å². The van der Waals surface area contributed by atoms with E-state index < -0.39 is 0 Å². The summed E-state index contributed by atoms with van der Waals surface area (Å²) in [5.74, 6) is -0.957. The molecule has 3 rings (SSSR count). The summed E-state index contributed by atoms with van der Waals surface area (Å²) in [4.78, 5) is 25.7. The third-order valence-electron chi connectivity index (χ3n) is 3.63. The smallest absolute Gasteiger partial charge is 0.238 e. The Morgan fingerprint density at radius 2 is 1.56 bits per heavy atom. The molecular weight excluding hydrogens is 230 g/mol. The van der Waals surface area contributed by atoms with Gasteiger partial charge >= 0.3 is 0 Å². The number of anilines is 1. The maximum Gasteiger partial charge on any atom is 0.238 e. The minimum atomic E-state index is -0.262. The van der Waals surface area contributed by atoms with Gasteiger partial charge in [-0.1, -0.05) is 24.3 Å². The fraction of sp³-hybridized carbons (Fsp3) is 0.286. The number of amides is 2. The maximum atomic E-state index is 12.3. The molecule has 4 heteroatoms. The van der Waals surface area contributed by atoms with Crippen molar-refractivity contribution in [3.63, 3.8) is 0 Å². The summed E-state index contributed by atoms with van der Waals surface area (Å²) in [5.41, 5.74) is 0.293. The SMILES string of the molecule is O=C1[C@H]2CC=CC[C@H]2C(=O)N1c1ccccc1O. The molecular formula is C14H13NO3. The van der Waals surface area contributed by atoms with Gasteiger partial charge in [-0.05, 0) is 25.0 Å². The van der Waals surface area contributed by atoms with E-state index in [0.29, 0.717) is 18.5 Å². The van der Waals surface area contributed by atoms with Crippen LogP contribution in [0.25, 0.3) is 0 Å². The van der Waals surface area contributed by atoms with Crippen molar-refractivity contribution >= 4 is 17.5 Å². The van der Waals surface area contributed by atoms with Gasteiger partial charge in [-0.2, -0.15) is 0 Å². The topological polar surface area (TPSA) is 57.6 Å². The molecule has 1 aromatic carbocycles. The number of carbonyl (C=O) groups excluding carboxylic acids is 2. The molecule has 1 aliphatic carbocycles. The number of benzene rings is 1. The van der Waals surface area contributed by atoms with E-state index >= 15 is 0 Å². The average molecular weight is 243 g/mol. The molecule has 0 bridgehead atoms. The van der Waals surface area contributed by atoms with Crippen LogP contribution in [0.3, 0.4) is 0 Å². The summed E-state index contributed by atoms with van der Waals surface area (Å²) in [6, 6.07) is 6.44. The zero-order valence-electron chi connectivity index (χ0n) is 9.74. The van der Waals surface area contributed by atoms with Crippen LogP contribution in [0.15, 0.2) is 36.4 Å². The Hall–Kier alpha value is -2.10. The molecule has 0 aromatic heterocycles. The van der Waals surface area contributed by atoms with Crippen molar-refractivity contribution in [2.75, 3.05) is 4.90 Å². The largest absolute Gasteiger partial charge is 0.506 e. The number of phenols is 1. The summed E-state index contributed by atoms with van der Waals surface area (Å²) in [6.45, 7) is 0. The van der Waals surface area contributed by atoms with Gasteiger partial charge in [0.05, 0.1) is 17.5 Å². The molecule has 92 valence electrons. The minimum absolute atomic E-state index is 0.0363. The van der Waals surface area contributed by atoms with Crippen molar-refractivity contribution in [3.8, 4) is 5.75 Å². The number of hydrogen-bond donors (Lipinski definition) is 1. The molecule has 0 unspecified atom stereocenters. The van der Waals surface area contributed by atoms with Gasteiger partial charge in [-0.3, -0.25) is 9.59 Å². The lowest BCUT2D eigenvalue weighted by molar-refractivity contribution is -0.122. The van der Waals surface area contributed by atoms with Gasteiger partial charge in [0.15, 0.2) is 0 Å². The predicted octanol–water partition coefficient (Wildman–Crippen LogP) is 1.85. The summed E-state index contributed by atoms with van der Waals surface area (Å²) in [6.07, 6.45) is 5.11. The van der Waals surface area contributed by atoms with Crippen LogP contribution in [-0.2, 0) is 9.59 Å². The van der Waals surface area contributed by atoms with E-state index in [-0.39, 0.29) is 29.4 Å². The highest BCUT2D eigenvalue weighted by Crippen LogP contribution is 2.40. The van der Waals surface area contributed by atoms with Gasteiger partial charge in [0.25, 0.3) is 0 Å². The third-order valence-corrected chi connectivity index (χ3v) is 3.63. The fourth-order valence-corrected chi connectivity index (χ4v) is 2.69. The Morgan fingerprint density at radius 3 is 2.11 bits per heavy atom. The molecule has 0 spiro atoms. The molecule has 2 aliphatic rings. The second-order valence-corrected chi connectivity index (χ2v) is 4.66. The molecule has 0 saturated carbocycles. The van der Waals surface area contributed by atoms with Crippen molar-refractivity contribution in [1.82, 2.24) is 0 Å². The Labute approximate surface area is 105 Å². The number of hydrogen-bond acceptors (Lipinski definition) is 3. The van der Waals surface area contributed by atoms with Crippen molar-refractivity contribution < 1.29 is 14.7 Å². The Morgan fingerprint density at radius 1 is 1.00 bits per heavy atom. The standard InChI is InChI=1S/C14H13NO3/c16-12-8-4-3-7-11(12)15-13(17)9-5-1-2-6-10(9)14(15)18/h1-4,7-10,16H,5-6H2/t9-,10+. The zero-order valence-corrected chi connectivity index (χ0v) is 9.74. The third kappa shape index (κ3) is 1.45. The maximum absolute atomic E-state index is 12.3. The fourth-order valence-electron chi connectivity index (χ4n) is 2.69. The molecule has 2 amide bonds. The Balaban J connectivity index is 2.02. The number of para-hydroxylation sites is 2. The summed E-state index contributed by atoms with van der Waals surface area (Å²) in [5, 5.41) is 9.78. The van der Waals surface area contributed by atoms with Crippen LogP contribution < -0.4 is 4.90 Å². The number of phenolic OH excluding ortho intramolecular Hbond substituents is 1. The van der Waals surface area contributed by atoms with Crippen LogP contribution >= 0.6 is 0 Å². The van der Waals surface area contributed by atoms with E-state index in [4.69, 9.17) is 0 Å². The second kappa shape index (κ2) is 3.98. The molecule has 1 aliphatic heterocycles. The zero-order chi connectivity index (χ0) is 12.7. The minimum Gasteiger partial charge on any atom is -0.506 e. The van der Waals surface area contributed by atoms with Crippen molar-refractivity contribution in [1.29, 1.82) is 0 Å². The average Bonchev–Trinajstić information content (AvgIpc) is 2.64. The Kier molecular flexibility index (Phi) is 2.44. The first-order valence-electron chi connectivity index (χ1n) is 6.01. The molecule has 4 nitrogen and oxygen atoms in total. The molecule has 0 radical (unpaired) electrons. The van der Waals surface area contributed by atoms with Gasteiger partial charge in [-0.15, -0.1) is 0 Å². The van der Waals surface area contributed by atoms with Crippen molar-refractivity contribution in [2.45, 2.75) is 12.8 Å². The normalized spacial score (nSPS) is 26.6. The number of aromatic hydroxyl groups is 1. The van der Waals surface area contributed by atoms with Crippen molar-refractivity contribution in [3.05, 3.63) is 36.4 Å². The molecule has 1 aromatic rings. The van der Waals surface area contributed by atoms with E-state index in [9.17, 15) is 14.7 Å². The lowest BCUT2D eigenvalue weighted by Gasteiger charge is -2.15. The van der Waals surface area contributed by atoms with Crippen LogP contribution in [0.1, 0.15) is 12.8 Å². The molecule has 1 fully saturated rings. The highest BCUT2D eigenvalue weighted by Gasteiger charge is 2.48. The molecule has 1 heterocycles. The molecule has 1 saturated heterocycles. The van der Waals surface area contributed by atoms with Gasteiger partial charge in [-0.25, -0.2) is 4.90 Å². The van der Waals surface area contributed by atoms with Crippen LogP contribution in [0, 0.1) is 11.8 Å². The highest BCUT2D eigenvalue weighted by molar-refractivity contribution is 6.22. The first-order valence-corrected chi connectivity index (χ1v) is 6.01. The number of rotatable bonds is 1. The highest BCUT2D eigenvalue weighted by atomic mass is 16.3. The first kappa shape index (κ1) is 11.0. The van der Waals surface area contributed by atoms with Crippen molar-refractivity contribution in [2.24, 2.45) is 11.8 Å². The first-order chi connectivity index (χ1) is 8.70. The summed E-state index contributed by atoms with van der Waals surface area (Å²) in [7, 11) is 0. The molecule has 1 N–H and O–H groups in total. The molecule has 2 atom stereocenters. The number of fused-ring (bicyclic) bond motifs is 1. The predicted molar refractivity (Wildman–Crippen MR) is 66.0 cm³/mol. The van der Waals surface area contributed by atoms with E-state index in [1.807, 2.05) is 12.2 Å².